The Morgan fingerprint density at radius 3 is 2.82 bits per heavy atom. The number of hydrogen-bond acceptors (Lipinski definition) is 4. The third kappa shape index (κ3) is 4.26. The lowest BCUT2D eigenvalue weighted by atomic mass is 10.2. The molecule has 0 aliphatic rings. The van der Waals surface area contributed by atoms with E-state index in [1.54, 1.807) is 48.1 Å². The Morgan fingerprint density at radius 2 is 2.07 bits per heavy atom. The summed E-state index contributed by atoms with van der Waals surface area (Å²) in [4.78, 5) is 31.4. The van der Waals surface area contributed by atoms with Crippen molar-refractivity contribution in [3.05, 3.63) is 58.0 Å². The van der Waals surface area contributed by atoms with E-state index < -0.39 is 0 Å². The average molecular weight is 420 g/mol. The maximum absolute atomic E-state index is 13.1. The number of nitrogens with one attached hydrogen (secondary N) is 1. The Morgan fingerprint density at radius 1 is 1.29 bits per heavy atom. The third-order valence-electron chi connectivity index (χ3n) is 4.10. The van der Waals surface area contributed by atoms with E-state index in [0.29, 0.717) is 45.6 Å². The zero-order chi connectivity index (χ0) is 20.3. The second-order valence-corrected chi connectivity index (χ2v) is 7.09. The van der Waals surface area contributed by atoms with Crippen molar-refractivity contribution in [2.75, 3.05) is 18.4 Å². The molecule has 3 rings (SSSR count). The molecule has 28 heavy (non-hydrogen) atoms. The van der Waals surface area contributed by atoms with Gasteiger partial charge < -0.3 is 10.2 Å². The number of aromatic nitrogens is 3. The van der Waals surface area contributed by atoms with E-state index in [1.165, 1.54) is 4.90 Å². The number of rotatable bonds is 6. The molecule has 2 heterocycles. The smallest absolute Gasteiger partial charge is 0.260 e. The summed E-state index contributed by atoms with van der Waals surface area (Å²) in [5.74, 6) is -0.659. The molecule has 1 aromatic carbocycles. The highest BCUT2D eigenvalue weighted by Crippen LogP contribution is 2.25. The molecule has 2 amide bonds. The molecule has 2 aromatic heterocycles. The number of amides is 2. The molecule has 0 aliphatic heterocycles. The van der Waals surface area contributed by atoms with Gasteiger partial charge in [0.05, 0.1) is 16.4 Å². The minimum absolute atomic E-state index is 0.126. The summed E-state index contributed by atoms with van der Waals surface area (Å²) < 4.78 is 1.55. The van der Waals surface area contributed by atoms with Crippen molar-refractivity contribution in [3.8, 4) is 0 Å². The molecule has 0 bridgehead atoms. The molecule has 7 nitrogen and oxygen atoms in total. The number of fused-ring (bicyclic) bond motifs is 1. The standard InChI is InChI=1S/C19H19Cl2N5O2/c1-3-8-25(11-16(27)23-15-10-13(20)5-6-14(15)21)19(28)17-12(2)24-26-9-4-7-22-18(17)26/h4-7,9-10H,3,8,11H2,1-2H3,(H,23,27). The number of carbonyl (C=O) groups is 2. The van der Waals surface area contributed by atoms with Gasteiger partial charge in [0, 0.05) is 24.0 Å². The molecular formula is C19H19Cl2N5O2. The lowest BCUT2D eigenvalue weighted by Gasteiger charge is -2.21. The van der Waals surface area contributed by atoms with Crippen molar-refractivity contribution >= 4 is 46.4 Å². The first-order valence-electron chi connectivity index (χ1n) is 8.74. The van der Waals surface area contributed by atoms with Gasteiger partial charge in [-0.05, 0) is 37.6 Å². The number of hydrogen-bond donors (Lipinski definition) is 1. The maximum Gasteiger partial charge on any atom is 0.260 e. The van der Waals surface area contributed by atoms with Crippen molar-refractivity contribution in [2.45, 2.75) is 20.3 Å². The van der Waals surface area contributed by atoms with E-state index in [4.69, 9.17) is 23.2 Å². The van der Waals surface area contributed by atoms with E-state index in [0.717, 1.165) is 0 Å². The Bertz CT molecular complexity index is 1030. The maximum atomic E-state index is 13.1. The lowest BCUT2D eigenvalue weighted by Crippen LogP contribution is -2.38. The molecule has 0 saturated carbocycles. The highest BCUT2D eigenvalue weighted by molar-refractivity contribution is 6.35. The third-order valence-corrected chi connectivity index (χ3v) is 4.67. The van der Waals surface area contributed by atoms with Crippen molar-refractivity contribution in [2.24, 2.45) is 0 Å². The molecule has 0 atom stereocenters. The molecule has 3 aromatic rings. The van der Waals surface area contributed by atoms with E-state index in [2.05, 4.69) is 15.4 Å². The van der Waals surface area contributed by atoms with E-state index in [9.17, 15) is 9.59 Å². The van der Waals surface area contributed by atoms with Gasteiger partial charge in [-0.25, -0.2) is 9.50 Å². The van der Waals surface area contributed by atoms with E-state index >= 15 is 0 Å². The number of benzene rings is 1. The summed E-state index contributed by atoms with van der Waals surface area (Å²) in [5, 5.41) is 7.85. The van der Waals surface area contributed by atoms with Gasteiger partial charge in [0.2, 0.25) is 5.91 Å². The van der Waals surface area contributed by atoms with Crippen LogP contribution in [0.3, 0.4) is 0 Å². The van der Waals surface area contributed by atoms with E-state index in [-0.39, 0.29) is 18.4 Å². The molecule has 0 spiro atoms. The Balaban J connectivity index is 1.82. The van der Waals surface area contributed by atoms with Crippen molar-refractivity contribution in [3.63, 3.8) is 0 Å². The van der Waals surface area contributed by atoms with Crippen LogP contribution in [0.4, 0.5) is 5.69 Å². The zero-order valence-corrected chi connectivity index (χ0v) is 17.0. The molecule has 0 unspecified atom stereocenters. The Hall–Kier alpha value is -2.64. The number of aryl methyl sites for hydroxylation is 1. The molecular weight excluding hydrogens is 401 g/mol. The van der Waals surface area contributed by atoms with E-state index in [1.807, 2.05) is 6.92 Å². The first-order chi connectivity index (χ1) is 13.4. The minimum Gasteiger partial charge on any atom is -0.329 e. The normalized spacial score (nSPS) is 10.9. The van der Waals surface area contributed by atoms with Crippen LogP contribution in [-0.4, -0.2) is 44.4 Å². The predicted octanol–water partition coefficient (Wildman–Crippen LogP) is 3.84. The quantitative estimate of drug-likeness (QED) is 0.657. The van der Waals surface area contributed by atoms with Gasteiger partial charge in [-0.3, -0.25) is 9.59 Å². The summed E-state index contributed by atoms with van der Waals surface area (Å²) in [6.45, 7) is 3.98. The highest BCUT2D eigenvalue weighted by Gasteiger charge is 2.25. The summed E-state index contributed by atoms with van der Waals surface area (Å²) in [7, 11) is 0. The van der Waals surface area contributed by atoms with Crippen LogP contribution in [0.1, 0.15) is 29.4 Å². The zero-order valence-electron chi connectivity index (χ0n) is 15.4. The fraction of sp³-hybridized carbons (Fsp3) is 0.263. The number of halogens is 2. The van der Waals surface area contributed by atoms with Crippen LogP contribution < -0.4 is 5.32 Å². The SMILES string of the molecule is CCCN(CC(=O)Nc1cc(Cl)ccc1Cl)C(=O)c1c(C)nn2cccnc12. The van der Waals surface area contributed by atoms with Crippen molar-refractivity contribution in [1.82, 2.24) is 19.5 Å². The molecule has 0 radical (unpaired) electrons. The van der Waals surface area contributed by atoms with Crippen LogP contribution in [0.2, 0.25) is 10.0 Å². The molecule has 0 aliphatic carbocycles. The van der Waals surface area contributed by atoms with Gasteiger partial charge in [-0.2, -0.15) is 5.10 Å². The minimum atomic E-state index is -0.368. The Kier molecular flexibility index (Phi) is 6.16. The monoisotopic (exact) mass is 419 g/mol. The van der Waals surface area contributed by atoms with Gasteiger partial charge in [0.25, 0.3) is 5.91 Å². The largest absolute Gasteiger partial charge is 0.329 e. The molecule has 0 fully saturated rings. The van der Waals surface area contributed by atoms with Crippen LogP contribution in [-0.2, 0) is 4.79 Å². The average Bonchev–Trinajstić information content (AvgIpc) is 2.99. The second kappa shape index (κ2) is 8.58. The number of carbonyl (C=O) groups excluding carboxylic acids is 2. The predicted molar refractivity (Wildman–Crippen MR) is 109 cm³/mol. The van der Waals surface area contributed by atoms with Crippen LogP contribution in [0.25, 0.3) is 5.65 Å². The van der Waals surface area contributed by atoms with Crippen molar-refractivity contribution < 1.29 is 9.59 Å². The number of nitrogens with zero attached hydrogens (tertiary/aromatic N) is 4. The molecule has 146 valence electrons. The second-order valence-electron chi connectivity index (χ2n) is 6.25. The fourth-order valence-corrected chi connectivity index (χ4v) is 3.22. The topological polar surface area (TPSA) is 79.6 Å². The summed E-state index contributed by atoms with van der Waals surface area (Å²) in [6.07, 6.45) is 4.03. The highest BCUT2D eigenvalue weighted by atomic mass is 35.5. The van der Waals surface area contributed by atoms with Gasteiger partial charge in [-0.1, -0.05) is 30.1 Å². The number of anilines is 1. The van der Waals surface area contributed by atoms with Crippen LogP contribution in [0.15, 0.2) is 36.7 Å². The first kappa shape index (κ1) is 20.1. The summed E-state index contributed by atoms with van der Waals surface area (Å²) in [5.41, 5.74) is 1.81. The van der Waals surface area contributed by atoms with Gasteiger partial charge >= 0.3 is 0 Å². The summed E-state index contributed by atoms with van der Waals surface area (Å²) in [6, 6.07) is 6.53. The van der Waals surface area contributed by atoms with Crippen LogP contribution >= 0.6 is 23.2 Å². The summed E-state index contributed by atoms with van der Waals surface area (Å²) >= 11 is 12.1. The molecule has 9 heteroatoms. The van der Waals surface area contributed by atoms with Gasteiger partial charge in [0.1, 0.15) is 12.1 Å². The lowest BCUT2D eigenvalue weighted by molar-refractivity contribution is -0.116. The Labute approximate surface area is 172 Å². The van der Waals surface area contributed by atoms with Crippen LogP contribution in [0, 0.1) is 6.92 Å². The first-order valence-corrected chi connectivity index (χ1v) is 9.50. The van der Waals surface area contributed by atoms with Gasteiger partial charge in [0.15, 0.2) is 5.65 Å². The molecule has 0 saturated heterocycles. The van der Waals surface area contributed by atoms with Crippen molar-refractivity contribution in [1.29, 1.82) is 0 Å². The fourth-order valence-electron chi connectivity index (χ4n) is 2.88. The van der Waals surface area contributed by atoms with Crippen LogP contribution in [0.5, 0.6) is 0 Å². The van der Waals surface area contributed by atoms with Gasteiger partial charge in [-0.15, -0.1) is 0 Å². The molecule has 1 N–H and O–H groups in total.